The third-order valence-electron chi connectivity index (χ3n) is 4.04. The molecule has 0 atom stereocenters. The quantitative estimate of drug-likeness (QED) is 0.618. The summed E-state index contributed by atoms with van der Waals surface area (Å²) in [5.74, 6) is 0. The monoisotopic (exact) mass is 284 g/mol. The van der Waals surface area contributed by atoms with E-state index < -0.39 is 0 Å². The summed E-state index contributed by atoms with van der Waals surface area (Å²) in [6.45, 7) is 0. The number of nitrogens with zero attached hydrogens (tertiary/aromatic N) is 2. The molecule has 1 heterocycles. The molecule has 0 radical (unpaired) electrons. The maximum atomic E-state index is 4.98. The first-order chi connectivity index (χ1) is 10.8. The third kappa shape index (κ3) is 2.01. The lowest BCUT2D eigenvalue weighted by Gasteiger charge is -2.21. The minimum atomic E-state index is 1.00. The zero-order valence-corrected chi connectivity index (χ0v) is 12.4. The van der Waals surface area contributed by atoms with Gasteiger partial charge in [0.05, 0.1) is 22.8 Å². The summed E-state index contributed by atoms with van der Waals surface area (Å²) in [4.78, 5) is 7.19. The zero-order valence-electron chi connectivity index (χ0n) is 12.4. The van der Waals surface area contributed by atoms with E-state index in [0.29, 0.717) is 0 Å². The maximum Gasteiger partial charge on any atom is 0.0874 e. The molecule has 0 spiro atoms. The van der Waals surface area contributed by atoms with E-state index in [1.807, 2.05) is 12.1 Å². The van der Waals surface area contributed by atoms with Crippen molar-refractivity contribution in [2.45, 2.75) is 0 Å². The Morgan fingerprint density at radius 3 is 2.14 bits per heavy atom. The molecule has 0 saturated carbocycles. The summed E-state index contributed by atoms with van der Waals surface area (Å²) >= 11 is 0. The molecule has 1 aliphatic rings. The van der Waals surface area contributed by atoms with Crippen LogP contribution in [0.15, 0.2) is 83.9 Å². The Kier molecular flexibility index (Phi) is 3.01. The average Bonchev–Trinajstić information content (AvgIpc) is 2.72. The number of benzene rings is 3. The van der Waals surface area contributed by atoms with Crippen LogP contribution in [-0.2, 0) is 0 Å². The SMILES string of the molecule is CN1c2ccccc2N=C(c2ccccc2)c2ccccc21. The summed E-state index contributed by atoms with van der Waals surface area (Å²) in [5.41, 5.74) is 6.62. The van der Waals surface area contributed by atoms with E-state index in [2.05, 4.69) is 78.7 Å². The van der Waals surface area contributed by atoms with Crippen LogP contribution >= 0.6 is 0 Å². The molecule has 0 unspecified atom stereocenters. The van der Waals surface area contributed by atoms with Crippen LogP contribution in [0.2, 0.25) is 0 Å². The Balaban J connectivity index is 2.04. The lowest BCUT2D eigenvalue weighted by Crippen LogP contribution is -2.12. The van der Waals surface area contributed by atoms with Crippen molar-refractivity contribution >= 4 is 22.8 Å². The number of hydrogen-bond acceptors (Lipinski definition) is 2. The van der Waals surface area contributed by atoms with Gasteiger partial charge in [0.1, 0.15) is 0 Å². The van der Waals surface area contributed by atoms with Gasteiger partial charge in [-0.15, -0.1) is 0 Å². The molecule has 4 rings (SSSR count). The van der Waals surface area contributed by atoms with Gasteiger partial charge >= 0.3 is 0 Å². The normalized spacial score (nSPS) is 13.0. The molecule has 2 nitrogen and oxygen atoms in total. The van der Waals surface area contributed by atoms with Crippen LogP contribution in [0, 0.1) is 0 Å². The van der Waals surface area contributed by atoms with E-state index in [1.165, 1.54) is 5.69 Å². The van der Waals surface area contributed by atoms with Gasteiger partial charge < -0.3 is 4.90 Å². The van der Waals surface area contributed by atoms with Gasteiger partial charge in [-0.2, -0.15) is 0 Å². The summed E-state index contributed by atoms with van der Waals surface area (Å²) in [5, 5.41) is 0. The van der Waals surface area contributed by atoms with Crippen LogP contribution in [0.3, 0.4) is 0 Å². The topological polar surface area (TPSA) is 15.6 Å². The maximum absolute atomic E-state index is 4.98. The standard InChI is InChI=1S/C20H16N2/c1-22-18-13-7-5-11-16(18)20(15-9-3-2-4-10-15)21-17-12-6-8-14-19(17)22/h2-14H,1H3. The predicted molar refractivity (Wildman–Crippen MR) is 92.7 cm³/mol. The van der Waals surface area contributed by atoms with Gasteiger partial charge in [0.25, 0.3) is 0 Å². The number of aliphatic imine (C=N–C) groups is 1. The zero-order chi connectivity index (χ0) is 14.9. The lowest BCUT2D eigenvalue weighted by molar-refractivity contribution is 1.21. The van der Waals surface area contributed by atoms with E-state index in [4.69, 9.17) is 4.99 Å². The summed E-state index contributed by atoms with van der Waals surface area (Å²) in [6.07, 6.45) is 0. The van der Waals surface area contributed by atoms with Crippen LogP contribution in [0.5, 0.6) is 0 Å². The minimum Gasteiger partial charge on any atom is -0.342 e. The van der Waals surface area contributed by atoms with Gasteiger partial charge in [-0.05, 0) is 18.2 Å². The molecule has 0 bridgehead atoms. The highest BCUT2D eigenvalue weighted by Crippen LogP contribution is 2.39. The van der Waals surface area contributed by atoms with Gasteiger partial charge in [-0.1, -0.05) is 60.7 Å². The number of hydrogen-bond donors (Lipinski definition) is 0. The van der Waals surface area contributed by atoms with Crippen molar-refractivity contribution in [1.82, 2.24) is 0 Å². The summed E-state index contributed by atoms with van der Waals surface area (Å²) in [7, 11) is 2.10. The smallest absolute Gasteiger partial charge is 0.0874 e. The Morgan fingerprint density at radius 2 is 1.32 bits per heavy atom. The van der Waals surface area contributed by atoms with E-state index in [0.717, 1.165) is 28.2 Å². The number of rotatable bonds is 1. The van der Waals surface area contributed by atoms with E-state index >= 15 is 0 Å². The van der Waals surface area contributed by atoms with Gasteiger partial charge in [-0.25, -0.2) is 4.99 Å². The highest BCUT2D eigenvalue weighted by atomic mass is 15.1. The first-order valence-corrected chi connectivity index (χ1v) is 7.41. The van der Waals surface area contributed by atoms with Gasteiger partial charge in [0, 0.05) is 18.2 Å². The van der Waals surface area contributed by atoms with Crippen LogP contribution in [0.1, 0.15) is 11.1 Å². The van der Waals surface area contributed by atoms with Crippen LogP contribution in [0.4, 0.5) is 17.1 Å². The van der Waals surface area contributed by atoms with E-state index in [-0.39, 0.29) is 0 Å². The fourth-order valence-electron chi connectivity index (χ4n) is 2.94. The highest BCUT2D eigenvalue weighted by molar-refractivity contribution is 6.18. The molecule has 3 aromatic rings. The van der Waals surface area contributed by atoms with Crippen LogP contribution < -0.4 is 4.90 Å². The molecule has 22 heavy (non-hydrogen) atoms. The molecule has 0 amide bonds. The fraction of sp³-hybridized carbons (Fsp3) is 0.0500. The molecule has 0 fully saturated rings. The Bertz CT molecular complexity index is 850. The highest BCUT2D eigenvalue weighted by Gasteiger charge is 2.20. The molecule has 106 valence electrons. The van der Waals surface area contributed by atoms with Crippen molar-refractivity contribution in [3.05, 3.63) is 90.0 Å². The van der Waals surface area contributed by atoms with Crippen LogP contribution in [-0.4, -0.2) is 12.8 Å². The molecule has 0 saturated heterocycles. The predicted octanol–water partition coefficient (Wildman–Crippen LogP) is 4.94. The summed E-state index contributed by atoms with van der Waals surface area (Å²) in [6, 6.07) is 27.1. The number of fused-ring (bicyclic) bond motifs is 2. The average molecular weight is 284 g/mol. The number of anilines is 2. The molecule has 0 N–H and O–H groups in total. The second kappa shape index (κ2) is 5.15. The van der Waals surface area contributed by atoms with Crippen molar-refractivity contribution in [2.75, 3.05) is 11.9 Å². The van der Waals surface area contributed by atoms with Gasteiger partial charge in [0.15, 0.2) is 0 Å². The van der Waals surface area contributed by atoms with E-state index in [9.17, 15) is 0 Å². The Morgan fingerprint density at radius 1 is 0.682 bits per heavy atom. The number of para-hydroxylation sites is 3. The van der Waals surface area contributed by atoms with Crippen molar-refractivity contribution < 1.29 is 0 Å². The van der Waals surface area contributed by atoms with Gasteiger partial charge in [0.2, 0.25) is 0 Å². The second-order valence-electron chi connectivity index (χ2n) is 5.39. The van der Waals surface area contributed by atoms with Crippen molar-refractivity contribution in [2.24, 2.45) is 4.99 Å². The van der Waals surface area contributed by atoms with Gasteiger partial charge in [-0.3, -0.25) is 0 Å². The van der Waals surface area contributed by atoms with E-state index in [1.54, 1.807) is 0 Å². The Labute approximate surface area is 130 Å². The molecule has 3 aromatic carbocycles. The molecule has 2 heteroatoms. The second-order valence-corrected chi connectivity index (χ2v) is 5.39. The molecular weight excluding hydrogens is 268 g/mol. The Hall–Kier alpha value is -2.87. The molecule has 0 aromatic heterocycles. The van der Waals surface area contributed by atoms with Crippen molar-refractivity contribution in [1.29, 1.82) is 0 Å². The first-order valence-electron chi connectivity index (χ1n) is 7.41. The van der Waals surface area contributed by atoms with Crippen molar-refractivity contribution in [3.63, 3.8) is 0 Å². The van der Waals surface area contributed by atoms with Crippen LogP contribution in [0.25, 0.3) is 0 Å². The minimum absolute atomic E-state index is 1.00. The lowest BCUT2D eigenvalue weighted by atomic mass is 10.0. The largest absolute Gasteiger partial charge is 0.342 e. The molecular formula is C20H16N2. The molecule has 1 aliphatic heterocycles. The molecule has 0 aliphatic carbocycles. The van der Waals surface area contributed by atoms with Crippen molar-refractivity contribution in [3.8, 4) is 0 Å². The summed E-state index contributed by atoms with van der Waals surface area (Å²) < 4.78 is 0. The fourth-order valence-corrected chi connectivity index (χ4v) is 2.94. The first kappa shape index (κ1) is 12.8. The third-order valence-corrected chi connectivity index (χ3v) is 4.04.